The van der Waals surface area contributed by atoms with E-state index >= 15 is 0 Å². The minimum atomic E-state index is -0.515. The van der Waals surface area contributed by atoms with Gasteiger partial charge in [0, 0.05) is 37.8 Å². The number of piperazine rings is 1. The SMILES string of the molecule is CC[C@@H](c1cc(C)cc(F)c1O)N1CCNCC1.Cl.Cl. The Morgan fingerprint density at radius 3 is 2.45 bits per heavy atom. The number of aryl methyl sites for hydroxylation is 1. The summed E-state index contributed by atoms with van der Waals surface area (Å²) in [7, 11) is 0. The van der Waals surface area contributed by atoms with E-state index < -0.39 is 5.82 Å². The van der Waals surface area contributed by atoms with Gasteiger partial charge < -0.3 is 10.4 Å². The van der Waals surface area contributed by atoms with Gasteiger partial charge in [-0.25, -0.2) is 4.39 Å². The van der Waals surface area contributed by atoms with E-state index in [4.69, 9.17) is 0 Å². The fraction of sp³-hybridized carbons (Fsp3) is 0.571. The molecule has 2 rings (SSSR count). The molecule has 0 aliphatic carbocycles. The topological polar surface area (TPSA) is 35.5 Å². The minimum absolute atomic E-state index is 0. The minimum Gasteiger partial charge on any atom is -0.505 e. The van der Waals surface area contributed by atoms with E-state index in [0.29, 0.717) is 0 Å². The Kier molecular flexibility index (Phi) is 8.44. The van der Waals surface area contributed by atoms with Crippen LogP contribution in [-0.2, 0) is 0 Å². The highest BCUT2D eigenvalue weighted by Crippen LogP contribution is 2.34. The third-order valence-electron chi connectivity index (χ3n) is 3.58. The number of phenolic OH excluding ortho intramolecular Hbond substituents is 1. The molecule has 0 aromatic heterocycles. The van der Waals surface area contributed by atoms with Crippen molar-refractivity contribution in [2.75, 3.05) is 26.2 Å². The first-order valence-corrected chi connectivity index (χ1v) is 6.57. The van der Waals surface area contributed by atoms with Gasteiger partial charge >= 0.3 is 0 Å². The lowest BCUT2D eigenvalue weighted by Gasteiger charge is -2.35. The molecule has 1 fully saturated rings. The summed E-state index contributed by atoms with van der Waals surface area (Å²) in [5, 5.41) is 13.2. The highest BCUT2D eigenvalue weighted by atomic mass is 35.5. The number of halogens is 3. The first-order valence-electron chi connectivity index (χ1n) is 6.57. The van der Waals surface area contributed by atoms with Crippen LogP contribution in [0.25, 0.3) is 0 Å². The zero-order chi connectivity index (χ0) is 13.1. The Labute approximate surface area is 132 Å². The van der Waals surface area contributed by atoms with Crippen LogP contribution in [0.15, 0.2) is 12.1 Å². The number of hydrogen-bond acceptors (Lipinski definition) is 3. The number of hydrogen-bond donors (Lipinski definition) is 2. The molecule has 2 N–H and O–H groups in total. The number of phenols is 1. The van der Waals surface area contributed by atoms with Crippen molar-refractivity contribution in [3.05, 3.63) is 29.1 Å². The van der Waals surface area contributed by atoms with E-state index in [1.54, 1.807) is 0 Å². The van der Waals surface area contributed by atoms with Gasteiger partial charge in [-0.2, -0.15) is 0 Å². The van der Waals surface area contributed by atoms with Crippen molar-refractivity contribution in [1.82, 2.24) is 10.2 Å². The zero-order valence-electron chi connectivity index (χ0n) is 11.9. The first-order chi connectivity index (χ1) is 8.63. The van der Waals surface area contributed by atoms with E-state index in [1.165, 1.54) is 6.07 Å². The maximum Gasteiger partial charge on any atom is 0.165 e. The van der Waals surface area contributed by atoms with Gasteiger partial charge in [0.05, 0.1) is 0 Å². The van der Waals surface area contributed by atoms with Gasteiger partial charge in [-0.05, 0) is 25.0 Å². The normalized spacial score (nSPS) is 16.9. The summed E-state index contributed by atoms with van der Waals surface area (Å²) < 4.78 is 13.6. The fourth-order valence-corrected chi connectivity index (χ4v) is 2.68. The molecule has 20 heavy (non-hydrogen) atoms. The molecular formula is C14H23Cl2FN2O. The van der Waals surface area contributed by atoms with Gasteiger partial charge in [0.15, 0.2) is 11.6 Å². The molecule has 0 bridgehead atoms. The van der Waals surface area contributed by atoms with Crippen molar-refractivity contribution in [1.29, 1.82) is 0 Å². The molecule has 0 radical (unpaired) electrons. The summed E-state index contributed by atoms with van der Waals surface area (Å²) in [5.41, 5.74) is 1.57. The molecule has 1 aliphatic heterocycles. The average Bonchev–Trinajstić information content (AvgIpc) is 2.37. The third kappa shape index (κ3) is 4.22. The number of aromatic hydroxyl groups is 1. The highest BCUT2D eigenvalue weighted by molar-refractivity contribution is 5.85. The van der Waals surface area contributed by atoms with Crippen molar-refractivity contribution in [3.63, 3.8) is 0 Å². The molecule has 0 spiro atoms. The molecule has 6 heteroatoms. The van der Waals surface area contributed by atoms with Crippen LogP contribution in [0.4, 0.5) is 4.39 Å². The summed E-state index contributed by atoms with van der Waals surface area (Å²) >= 11 is 0. The summed E-state index contributed by atoms with van der Waals surface area (Å²) in [6.07, 6.45) is 0.871. The summed E-state index contributed by atoms with van der Waals surface area (Å²) in [6.45, 7) is 7.71. The molecule has 1 atom stereocenters. The second-order valence-electron chi connectivity index (χ2n) is 4.89. The van der Waals surface area contributed by atoms with E-state index in [2.05, 4.69) is 17.1 Å². The Morgan fingerprint density at radius 2 is 1.90 bits per heavy atom. The maximum atomic E-state index is 13.6. The monoisotopic (exact) mass is 324 g/mol. The Balaban J connectivity index is 0.00000180. The molecule has 3 nitrogen and oxygen atoms in total. The molecule has 0 amide bonds. The maximum absolute atomic E-state index is 13.6. The quantitative estimate of drug-likeness (QED) is 0.897. The van der Waals surface area contributed by atoms with Crippen LogP contribution in [0.1, 0.15) is 30.5 Å². The lowest BCUT2D eigenvalue weighted by atomic mass is 9.98. The van der Waals surface area contributed by atoms with Crippen LogP contribution in [0.3, 0.4) is 0 Å². The lowest BCUT2D eigenvalue weighted by molar-refractivity contribution is 0.166. The van der Waals surface area contributed by atoms with Gasteiger partial charge in [-0.15, -0.1) is 24.8 Å². The molecule has 116 valence electrons. The smallest absolute Gasteiger partial charge is 0.165 e. The molecular weight excluding hydrogens is 302 g/mol. The van der Waals surface area contributed by atoms with Crippen molar-refractivity contribution in [2.45, 2.75) is 26.3 Å². The fourth-order valence-electron chi connectivity index (χ4n) is 2.68. The number of benzene rings is 1. The summed E-state index contributed by atoms with van der Waals surface area (Å²) in [5.74, 6) is -0.704. The zero-order valence-corrected chi connectivity index (χ0v) is 13.5. The molecule has 1 heterocycles. The Bertz CT molecular complexity index is 426. The number of rotatable bonds is 3. The van der Waals surface area contributed by atoms with Crippen LogP contribution in [0, 0.1) is 12.7 Å². The van der Waals surface area contributed by atoms with Crippen molar-refractivity contribution < 1.29 is 9.50 Å². The second-order valence-corrected chi connectivity index (χ2v) is 4.89. The molecule has 1 aromatic rings. The average molecular weight is 325 g/mol. The Hall–Kier alpha value is -0.550. The predicted molar refractivity (Wildman–Crippen MR) is 84.8 cm³/mol. The molecule has 1 aromatic carbocycles. The van der Waals surface area contributed by atoms with Crippen molar-refractivity contribution in [2.24, 2.45) is 0 Å². The molecule has 1 aliphatic rings. The van der Waals surface area contributed by atoms with Gasteiger partial charge in [0.2, 0.25) is 0 Å². The van der Waals surface area contributed by atoms with Gasteiger partial charge in [0.1, 0.15) is 0 Å². The largest absolute Gasteiger partial charge is 0.505 e. The first kappa shape index (κ1) is 19.4. The summed E-state index contributed by atoms with van der Waals surface area (Å²) in [4.78, 5) is 2.31. The van der Waals surface area contributed by atoms with Crippen LogP contribution >= 0.6 is 24.8 Å². The lowest BCUT2D eigenvalue weighted by Crippen LogP contribution is -2.45. The van der Waals surface area contributed by atoms with Gasteiger partial charge in [0.25, 0.3) is 0 Å². The molecule has 0 unspecified atom stereocenters. The highest BCUT2D eigenvalue weighted by Gasteiger charge is 2.24. The van der Waals surface area contributed by atoms with E-state index in [1.807, 2.05) is 13.0 Å². The predicted octanol–water partition coefficient (Wildman–Crippen LogP) is 3.04. The van der Waals surface area contributed by atoms with Crippen LogP contribution in [0.5, 0.6) is 5.75 Å². The number of nitrogens with zero attached hydrogens (tertiary/aromatic N) is 1. The number of nitrogens with one attached hydrogen (secondary N) is 1. The standard InChI is InChI=1S/C14H21FN2O.2ClH/c1-3-13(17-6-4-16-5-7-17)11-8-10(2)9-12(15)14(11)18;;/h8-9,13,16,18H,3-7H2,1-2H3;2*1H/t13-;;/m0../s1. The summed E-state index contributed by atoms with van der Waals surface area (Å²) in [6, 6.07) is 3.37. The van der Waals surface area contributed by atoms with Crippen LogP contribution in [-0.4, -0.2) is 36.2 Å². The van der Waals surface area contributed by atoms with Crippen LogP contribution in [0.2, 0.25) is 0 Å². The van der Waals surface area contributed by atoms with E-state index in [-0.39, 0.29) is 36.6 Å². The van der Waals surface area contributed by atoms with Crippen molar-refractivity contribution >= 4 is 24.8 Å². The van der Waals surface area contributed by atoms with E-state index in [9.17, 15) is 9.50 Å². The van der Waals surface area contributed by atoms with Crippen LogP contribution < -0.4 is 5.32 Å². The third-order valence-corrected chi connectivity index (χ3v) is 3.58. The second kappa shape index (κ2) is 8.67. The molecule has 1 saturated heterocycles. The molecule has 0 saturated carbocycles. The van der Waals surface area contributed by atoms with E-state index in [0.717, 1.165) is 43.7 Å². The Morgan fingerprint density at radius 1 is 1.30 bits per heavy atom. The van der Waals surface area contributed by atoms with Gasteiger partial charge in [-0.3, -0.25) is 4.90 Å². The van der Waals surface area contributed by atoms with Gasteiger partial charge in [-0.1, -0.05) is 13.0 Å². The van der Waals surface area contributed by atoms with Crippen molar-refractivity contribution in [3.8, 4) is 5.75 Å².